The van der Waals surface area contributed by atoms with Crippen molar-refractivity contribution in [2.45, 2.75) is 32.0 Å². The van der Waals surface area contributed by atoms with Crippen molar-refractivity contribution in [3.63, 3.8) is 0 Å². The molecule has 0 aromatic carbocycles. The number of hydrogen-bond donors (Lipinski definition) is 1. The molecule has 3 heterocycles. The molecule has 0 spiro atoms. The number of aryl methyl sites for hydroxylation is 1. The summed E-state index contributed by atoms with van der Waals surface area (Å²) >= 11 is 0. The Morgan fingerprint density at radius 1 is 1.38 bits per heavy atom. The minimum Gasteiger partial charge on any atom is -0.370 e. The lowest BCUT2D eigenvalue weighted by atomic mass is 9.99. The quantitative estimate of drug-likeness (QED) is 0.808. The van der Waals surface area contributed by atoms with E-state index in [0.717, 1.165) is 37.4 Å². The number of hydrogen-bond acceptors (Lipinski definition) is 6. The van der Waals surface area contributed by atoms with Crippen LogP contribution in [0.15, 0.2) is 12.4 Å². The smallest absolute Gasteiger partial charge is 0.225 e. The van der Waals surface area contributed by atoms with Gasteiger partial charge in [-0.3, -0.25) is 4.79 Å². The van der Waals surface area contributed by atoms with E-state index in [4.69, 9.17) is 4.74 Å². The highest BCUT2D eigenvalue weighted by molar-refractivity contribution is 5.79. The molecule has 0 saturated carbocycles. The maximum absolute atomic E-state index is 12.4. The minimum atomic E-state index is -0.0722. The Labute approximate surface area is 143 Å². The minimum absolute atomic E-state index is 0.0717. The summed E-state index contributed by atoms with van der Waals surface area (Å²) in [6.07, 6.45) is 5.49. The number of morpholine rings is 1. The summed E-state index contributed by atoms with van der Waals surface area (Å²) in [6.45, 7) is 5.03. The van der Waals surface area contributed by atoms with Crippen molar-refractivity contribution in [2.24, 2.45) is 5.92 Å². The van der Waals surface area contributed by atoms with Gasteiger partial charge in [0.25, 0.3) is 0 Å². The molecule has 1 aromatic rings. The van der Waals surface area contributed by atoms with Gasteiger partial charge in [0.2, 0.25) is 11.9 Å². The van der Waals surface area contributed by atoms with Crippen LogP contribution in [0.1, 0.15) is 18.9 Å². The van der Waals surface area contributed by atoms with Crippen LogP contribution in [0.5, 0.6) is 0 Å². The van der Waals surface area contributed by atoms with Crippen LogP contribution >= 0.6 is 0 Å². The molecule has 7 nitrogen and oxygen atoms in total. The van der Waals surface area contributed by atoms with Crippen LogP contribution in [0.25, 0.3) is 0 Å². The molecular formula is C17H27N5O2. The van der Waals surface area contributed by atoms with Crippen molar-refractivity contribution in [3.8, 4) is 0 Å². The number of aromatic nitrogens is 2. The van der Waals surface area contributed by atoms with Gasteiger partial charge in [0.1, 0.15) is 0 Å². The summed E-state index contributed by atoms with van der Waals surface area (Å²) in [5.74, 6) is 0.768. The average Bonchev–Trinajstić information content (AvgIpc) is 2.88. The topological polar surface area (TPSA) is 70.6 Å². The van der Waals surface area contributed by atoms with Crippen LogP contribution in [0.3, 0.4) is 0 Å². The Bertz CT molecular complexity index is 563. The van der Waals surface area contributed by atoms with Gasteiger partial charge in [-0.15, -0.1) is 0 Å². The summed E-state index contributed by atoms with van der Waals surface area (Å²) in [6, 6.07) is 0. The lowest BCUT2D eigenvalue weighted by Crippen LogP contribution is -2.46. The molecule has 0 aliphatic carbocycles. The van der Waals surface area contributed by atoms with Crippen molar-refractivity contribution < 1.29 is 9.53 Å². The van der Waals surface area contributed by atoms with Crippen molar-refractivity contribution in [2.75, 3.05) is 45.2 Å². The lowest BCUT2D eigenvalue weighted by Gasteiger charge is -2.32. The van der Waals surface area contributed by atoms with E-state index in [1.165, 1.54) is 0 Å². The van der Waals surface area contributed by atoms with Gasteiger partial charge in [0.15, 0.2) is 0 Å². The van der Waals surface area contributed by atoms with E-state index in [-0.39, 0.29) is 24.0 Å². The number of fused-ring (bicyclic) bond motifs is 2. The fourth-order valence-electron chi connectivity index (χ4n) is 3.32. The molecular weight excluding hydrogens is 306 g/mol. The first-order chi connectivity index (χ1) is 11.6. The highest BCUT2D eigenvalue weighted by Crippen LogP contribution is 2.33. The molecule has 0 unspecified atom stereocenters. The van der Waals surface area contributed by atoms with E-state index in [1.54, 1.807) is 0 Å². The first-order valence-corrected chi connectivity index (χ1v) is 8.70. The molecule has 1 amide bonds. The van der Waals surface area contributed by atoms with Gasteiger partial charge >= 0.3 is 0 Å². The highest BCUT2D eigenvalue weighted by Gasteiger charge is 2.45. The van der Waals surface area contributed by atoms with Gasteiger partial charge in [-0.05, 0) is 32.5 Å². The Balaban J connectivity index is 1.58. The number of amides is 1. The molecule has 1 aromatic heterocycles. The zero-order valence-corrected chi connectivity index (χ0v) is 14.7. The largest absolute Gasteiger partial charge is 0.370 e. The Kier molecular flexibility index (Phi) is 5.30. The third kappa shape index (κ3) is 3.84. The van der Waals surface area contributed by atoms with Crippen molar-refractivity contribution >= 4 is 11.9 Å². The fraction of sp³-hybridized carbons (Fsp3) is 0.706. The number of ether oxygens (including phenoxy) is 1. The lowest BCUT2D eigenvalue weighted by molar-refractivity contribution is -0.126. The summed E-state index contributed by atoms with van der Waals surface area (Å²) in [5.41, 5.74) is 1.13. The molecule has 2 aliphatic rings. The second-order valence-electron chi connectivity index (χ2n) is 6.88. The number of nitrogens with zero attached hydrogens (tertiary/aromatic N) is 4. The maximum Gasteiger partial charge on any atom is 0.225 e. The normalized spacial score (nSPS) is 26.0. The second kappa shape index (κ2) is 7.44. The first kappa shape index (κ1) is 17.1. The molecule has 1 N–H and O–H groups in total. The number of anilines is 1. The molecule has 132 valence electrons. The molecule has 3 atom stereocenters. The Hall–Kier alpha value is -1.73. The van der Waals surface area contributed by atoms with Crippen LogP contribution in [0.2, 0.25) is 0 Å². The van der Waals surface area contributed by atoms with E-state index in [0.29, 0.717) is 13.1 Å². The van der Waals surface area contributed by atoms with E-state index in [2.05, 4.69) is 32.0 Å². The SMILES string of the molecule is CCc1cnc(N2C[C@H]3C[C@H](C(=O)NCCN(C)C)[C@@H](C2)O3)nc1. The van der Waals surface area contributed by atoms with Crippen LogP contribution in [0, 0.1) is 5.92 Å². The fourth-order valence-corrected chi connectivity index (χ4v) is 3.32. The number of likely N-dealkylation sites (N-methyl/N-ethyl adjacent to an activating group) is 1. The molecule has 24 heavy (non-hydrogen) atoms. The van der Waals surface area contributed by atoms with Crippen LogP contribution in [0.4, 0.5) is 5.95 Å². The number of carbonyl (C=O) groups is 1. The van der Waals surface area contributed by atoms with Crippen molar-refractivity contribution in [3.05, 3.63) is 18.0 Å². The van der Waals surface area contributed by atoms with E-state index in [9.17, 15) is 4.79 Å². The molecule has 2 saturated heterocycles. The third-order valence-corrected chi connectivity index (χ3v) is 4.73. The molecule has 7 heteroatoms. The van der Waals surface area contributed by atoms with Gasteiger partial charge < -0.3 is 19.9 Å². The maximum atomic E-state index is 12.4. The summed E-state index contributed by atoms with van der Waals surface area (Å²) in [4.78, 5) is 25.6. The summed E-state index contributed by atoms with van der Waals surface area (Å²) in [7, 11) is 4.00. The van der Waals surface area contributed by atoms with Crippen molar-refractivity contribution in [1.82, 2.24) is 20.2 Å². The predicted molar refractivity (Wildman–Crippen MR) is 92.0 cm³/mol. The number of carbonyl (C=O) groups excluding carboxylic acids is 1. The monoisotopic (exact) mass is 333 g/mol. The standard InChI is InChI=1S/C17H27N5O2/c1-4-12-8-19-17(20-9-12)22-10-13-7-14(15(11-22)24-13)16(23)18-5-6-21(2)3/h8-9,13-15H,4-7,10-11H2,1-3H3,(H,18,23)/t13-,14+,15-/m1/s1. The third-order valence-electron chi connectivity index (χ3n) is 4.73. The van der Waals surface area contributed by atoms with Gasteiger partial charge in [-0.2, -0.15) is 0 Å². The Morgan fingerprint density at radius 3 is 2.79 bits per heavy atom. The molecule has 0 radical (unpaired) electrons. The van der Waals surface area contributed by atoms with Crippen LogP contribution in [-0.2, 0) is 16.0 Å². The second-order valence-corrected chi connectivity index (χ2v) is 6.88. The van der Waals surface area contributed by atoms with Gasteiger partial charge in [0.05, 0.1) is 18.1 Å². The molecule has 2 fully saturated rings. The van der Waals surface area contributed by atoms with Crippen LogP contribution < -0.4 is 10.2 Å². The molecule has 3 rings (SSSR count). The van der Waals surface area contributed by atoms with Gasteiger partial charge in [0, 0.05) is 38.6 Å². The predicted octanol–water partition coefficient (Wildman–Crippen LogP) is 0.311. The van der Waals surface area contributed by atoms with Gasteiger partial charge in [-0.25, -0.2) is 9.97 Å². The summed E-state index contributed by atoms with van der Waals surface area (Å²) in [5, 5.41) is 3.03. The van der Waals surface area contributed by atoms with E-state index in [1.807, 2.05) is 26.5 Å². The average molecular weight is 333 g/mol. The molecule has 2 bridgehead atoms. The Morgan fingerprint density at radius 2 is 2.12 bits per heavy atom. The molecule has 2 aliphatic heterocycles. The van der Waals surface area contributed by atoms with Crippen molar-refractivity contribution in [1.29, 1.82) is 0 Å². The zero-order valence-electron chi connectivity index (χ0n) is 14.7. The highest BCUT2D eigenvalue weighted by atomic mass is 16.5. The van der Waals surface area contributed by atoms with E-state index < -0.39 is 0 Å². The first-order valence-electron chi connectivity index (χ1n) is 8.70. The van der Waals surface area contributed by atoms with Crippen LogP contribution in [-0.4, -0.2) is 73.3 Å². The van der Waals surface area contributed by atoms with Gasteiger partial charge in [-0.1, -0.05) is 6.92 Å². The summed E-state index contributed by atoms with van der Waals surface area (Å²) < 4.78 is 5.99. The zero-order chi connectivity index (χ0) is 17.1. The number of nitrogens with one attached hydrogen (secondary N) is 1. The van der Waals surface area contributed by atoms with E-state index >= 15 is 0 Å². The number of rotatable bonds is 6.